The summed E-state index contributed by atoms with van der Waals surface area (Å²) in [4.78, 5) is 23.2. The molecule has 0 unspecified atom stereocenters. The Labute approximate surface area is 123 Å². The molecule has 0 fully saturated rings. The van der Waals surface area contributed by atoms with Gasteiger partial charge in [-0.2, -0.15) is 5.10 Å². The fourth-order valence-corrected chi connectivity index (χ4v) is 2.07. The molecule has 0 spiro atoms. The third-order valence-electron chi connectivity index (χ3n) is 3.20. The van der Waals surface area contributed by atoms with Gasteiger partial charge in [-0.3, -0.25) is 14.3 Å². The summed E-state index contributed by atoms with van der Waals surface area (Å²) in [6, 6.07) is 5.08. The van der Waals surface area contributed by atoms with E-state index >= 15 is 0 Å². The van der Waals surface area contributed by atoms with Crippen LogP contribution in [0.1, 0.15) is 18.4 Å². The van der Waals surface area contributed by atoms with Gasteiger partial charge in [-0.15, -0.1) is 0 Å². The number of aromatic nitrogens is 3. The maximum Gasteiger partial charge on any atom is 0.250 e. The van der Waals surface area contributed by atoms with Crippen LogP contribution < -0.4 is 10.9 Å². The number of hydrogen-bond donors (Lipinski definition) is 1. The topological polar surface area (TPSA) is 68.9 Å². The SMILES string of the molecule is Cn1cc(CCC(=O)NCCCn2ccccc2=O)cn1. The van der Waals surface area contributed by atoms with Crippen molar-refractivity contribution in [1.82, 2.24) is 19.7 Å². The van der Waals surface area contributed by atoms with Gasteiger partial charge in [0.05, 0.1) is 6.20 Å². The Hall–Kier alpha value is -2.37. The predicted molar refractivity (Wildman–Crippen MR) is 79.9 cm³/mol. The van der Waals surface area contributed by atoms with Crippen LogP contribution in [0.5, 0.6) is 0 Å². The van der Waals surface area contributed by atoms with E-state index in [0.29, 0.717) is 25.9 Å². The maximum absolute atomic E-state index is 11.7. The van der Waals surface area contributed by atoms with E-state index in [-0.39, 0.29) is 11.5 Å². The van der Waals surface area contributed by atoms with Crippen molar-refractivity contribution < 1.29 is 4.79 Å². The molecule has 0 saturated carbocycles. The molecule has 2 rings (SSSR count). The highest BCUT2D eigenvalue weighted by Gasteiger charge is 2.03. The van der Waals surface area contributed by atoms with Gasteiger partial charge in [-0.1, -0.05) is 6.07 Å². The van der Waals surface area contributed by atoms with Crippen molar-refractivity contribution in [3.8, 4) is 0 Å². The molecular formula is C15H20N4O2. The van der Waals surface area contributed by atoms with Crippen molar-refractivity contribution >= 4 is 5.91 Å². The van der Waals surface area contributed by atoms with Gasteiger partial charge in [0.2, 0.25) is 11.5 Å². The van der Waals surface area contributed by atoms with Gasteiger partial charge in [0.25, 0.3) is 0 Å². The summed E-state index contributed by atoms with van der Waals surface area (Å²) in [5.41, 5.74) is 1.05. The summed E-state index contributed by atoms with van der Waals surface area (Å²) < 4.78 is 3.37. The highest BCUT2D eigenvalue weighted by Crippen LogP contribution is 2.00. The van der Waals surface area contributed by atoms with E-state index < -0.39 is 0 Å². The van der Waals surface area contributed by atoms with Crippen molar-refractivity contribution in [2.75, 3.05) is 6.54 Å². The molecule has 0 aliphatic rings. The van der Waals surface area contributed by atoms with Crippen LogP contribution >= 0.6 is 0 Å². The molecule has 6 nitrogen and oxygen atoms in total. The summed E-state index contributed by atoms with van der Waals surface area (Å²) in [5.74, 6) is 0.0271. The molecule has 0 atom stereocenters. The fourth-order valence-electron chi connectivity index (χ4n) is 2.07. The summed E-state index contributed by atoms with van der Waals surface area (Å²) in [5, 5.41) is 6.93. The van der Waals surface area contributed by atoms with E-state index in [1.165, 1.54) is 6.07 Å². The Balaban J connectivity index is 1.63. The Morgan fingerprint density at radius 1 is 1.38 bits per heavy atom. The van der Waals surface area contributed by atoms with Crippen molar-refractivity contribution in [2.45, 2.75) is 25.8 Å². The van der Waals surface area contributed by atoms with E-state index in [2.05, 4.69) is 10.4 Å². The van der Waals surface area contributed by atoms with E-state index in [1.54, 1.807) is 27.7 Å². The normalized spacial score (nSPS) is 10.5. The molecule has 0 radical (unpaired) electrons. The predicted octanol–water partition coefficient (Wildman–Crippen LogP) is 0.721. The number of hydrogen-bond acceptors (Lipinski definition) is 3. The van der Waals surface area contributed by atoms with Gasteiger partial charge in [-0.25, -0.2) is 0 Å². The van der Waals surface area contributed by atoms with Crippen LogP contribution in [0.2, 0.25) is 0 Å². The quantitative estimate of drug-likeness (QED) is 0.763. The van der Waals surface area contributed by atoms with E-state index in [0.717, 1.165) is 12.0 Å². The molecule has 0 aliphatic heterocycles. The molecule has 2 aromatic heterocycles. The van der Waals surface area contributed by atoms with Crippen LogP contribution in [-0.4, -0.2) is 26.8 Å². The first-order valence-electron chi connectivity index (χ1n) is 7.05. The Kier molecular flexibility index (Phi) is 5.31. The molecular weight excluding hydrogens is 268 g/mol. The number of rotatable bonds is 7. The van der Waals surface area contributed by atoms with Gasteiger partial charge in [-0.05, 0) is 24.5 Å². The number of amides is 1. The second-order valence-electron chi connectivity index (χ2n) is 4.96. The number of aryl methyl sites for hydroxylation is 3. The fraction of sp³-hybridized carbons (Fsp3) is 0.400. The molecule has 0 saturated heterocycles. The van der Waals surface area contributed by atoms with E-state index in [9.17, 15) is 9.59 Å². The number of carbonyl (C=O) groups excluding carboxylic acids is 1. The van der Waals surface area contributed by atoms with Crippen LogP contribution in [0.3, 0.4) is 0 Å². The average Bonchev–Trinajstić information content (AvgIpc) is 2.89. The number of pyridine rings is 1. The third-order valence-corrected chi connectivity index (χ3v) is 3.20. The lowest BCUT2D eigenvalue weighted by molar-refractivity contribution is -0.121. The lowest BCUT2D eigenvalue weighted by Gasteiger charge is -2.06. The van der Waals surface area contributed by atoms with Gasteiger partial charge in [0, 0.05) is 45.0 Å². The van der Waals surface area contributed by atoms with Gasteiger partial charge >= 0.3 is 0 Å². The minimum Gasteiger partial charge on any atom is -0.356 e. The molecule has 6 heteroatoms. The van der Waals surface area contributed by atoms with Crippen LogP contribution in [0.15, 0.2) is 41.6 Å². The number of carbonyl (C=O) groups is 1. The maximum atomic E-state index is 11.7. The molecule has 1 amide bonds. The van der Waals surface area contributed by atoms with Crippen LogP contribution in [-0.2, 0) is 24.8 Å². The van der Waals surface area contributed by atoms with Gasteiger partial charge < -0.3 is 9.88 Å². The molecule has 21 heavy (non-hydrogen) atoms. The van der Waals surface area contributed by atoms with Crippen molar-refractivity contribution in [1.29, 1.82) is 0 Å². The second kappa shape index (κ2) is 7.42. The van der Waals surface area contributed by atoms with Gasteiger partial charge in [0.15, 0.2) is 0 Å². The number of nitrogens with one attached hydrogen (secondary N) is 1. The Morgan fingerprint density at radius 2 is 2.24 bits per heavy atom. The Morgan fingerprint density at radius 3 is 2.95 bits per heavy atom. The van der Waals surface area contributed by atoms with Crippen LogP contribution in [0.4, 0.5) is 0 Å². The Bertz CT molecular complexity index is 645. The highest BCUT2D eigenvalue weighted by molar-refractivity contribution is 5.76. The van der Waals surface area contributed by atoms with E-state index in [4.69, 9.17) is 0 Å². The molecule has 0 bridgehead atoms. The zero-order valence-electron chi connectivity index (χ0n) is 12.2. The summed E-state index contributed by atoms with van der Waals surface area (Å²) in [6.07, 6.45) is 7.33. The zero-order chi connectivity index (χ0) is 15.1. The van der Waals surface area contributed by atoms with Crippen molar-refractivity contribution in [2.24, 2.45) is 7.05 Å². The first-order valence-corrected chi connectivity index (χ1v) is 7.05. The molecule has 0 aliphatic carbocycles. The summed E-state index contributed by atoms with van der Waals surface area (Å²) >= 11 is 0. The average molecular weight is 288 g/mol. The van der Waals surface area contributed by atoms with Crippen LogP contribution in [0.25, 0.3) is 0 Å². The van der Waals surface area contributed by atoms with Crippen molar-refractivity contribution in [3.05, 3.63) is 52.7 Å². The summed E-state index contributed by atoms with van der Waals surface area (Å²) in [7, 11) is 1.86. The molecule has 2 aromatic rings. The minimum absolute atomic E-state index is 0.0135. The molecule has 0 aromatic carbocycles. The first-order chi connectivity index (χ1) is 10.1. The lowest BCUT2D eigenvalue weighted by atomic mass is 10.2. The van der Waals surface area contributed by atoms with Crippen molar-refractivity contribution in [3.63, 3.8) is 0 Å². The molecule has 1 N–H and O–H groups in total. The molecule has 2 heterocycles. The number of nitrogens with zero attached hydrogens (tertiary/aromatic N) is 3. The monoisotopic (exact) mass is 288 g/mol. The third kappa shape index (κ3) is 4.91. The van der Waals surface area contributed by atoms with Gasteiger partial charge in [0.1, 0.15) is 0 Å². The first kappa shape index (κ1) is 15.0. The smallest absolute Gasteiger partial charge is 0.250 e. The lowest BCUT2D eigenvalue weighted by Crippen LogP contribution is -2.26. The van der Waals surface area contributed by atoms with E-state index in [1.807, 2.05) is 19.3 Å². The van der Waals surface area contributed by atoms with Crippen LogP contribution in [0, 0.1) is 0 Å². The summed E-state index contributed by atoms with van der Waals surface area (Å²) in [6.45, 7) is 1.19. The second-order valence-corrected chi connectivity index (χ2v) is 4.96. The zero-order valence-corrected chi connectivity index (χ0v) is 12.2. The largest absolute Gasteiger partial charge is 0.356 e. The highest BCUT2D eigenvalue weighted by atomic mass is 16.1. The minimum atomic E-state index is -0.0135. The standard InChI is InChI=1S/C15H20N4O2/c1-18-12-13(11-17-18)6-7-14(20)16-8-4-10-19-9-3-2-5-15(19)21/h2-3,5,9,11-12H,4,6-8,10H2,1H3,(H,16,20). The molecule has 112 valence electrons.